The number of anilines is 1. The second-order valence-electron chi connectivity index (χ2n) is 3.79. The van der Waals surface area contributed by atoms with Crippen molar-refractivity contribution in [2.75, 3.05) is 25.6 Å². The predicted molar refractivity (Wildman–Crippen MR) is 57.2 cm³/mol. The third kappa shape index (κ3) is 2.91. The van der Waals surface area contributed by atoms with E-state index < -0.39 is 0 Å². The van der Waals surface area contributed by atoms with E-state index in [4.69, 9.17) is 15.2 Å². The highest BCUT2D eigenvalue weighted by molar-refractivity contribution is 5.37. The lowest BCUT2D eigenvalue weighted by Gasteiger charge is -2.09. The lowest BCUT2D eigenvalue weighted by atomic mass is 10.1. The summed E-state index contributed by atoms with van der Waals surface area (Å²) in [6.07, 6.45) is 2.78. The fourth-order valence-electron chi connectivity index (χ4n) is 1.62. The van der Waals surface area contributed by atoms with E-state index in [1.165, 1.54) is 0 Å². The standard InChI is InChI=1S/C11H16N2O2/c12-11-10(2-1-4-13-11)8-15-7-9-3-5-14-6-9/h1-2,4,9H,3,5-8H2,(H2,12,13). The minimum Gasteiger partial charge on any atom is -0.383 e. The zero-order chi connectivity index (χ0) is 10.5. The Bertz CT molecular complexity index is 311. The second kappa shape index (κ2) is 5.09. The van der Waals surface area contributed by atoms with Gasteiger partial charge in [-0.05, 0) is 12.5 Å². The number of hydrogen-bond acceptors (Lipinski definition) is 4. The van der Waals surface area contributed by atoms with Gasteiger partial charge in [0.25, 0.3) is 0 Å². The first-order valence-electron chi connectivity index (χ1n) is 5.21. The van der Waals surface area contributed by atoms with Gasteiger partial charge in [0.05, 0.1) is 19.8 Å². The Morgan fingerprint density at radius 1 is 1.60 bits per heavy atom. The molecular formula is C11H16N2O2. The van der Waals surface area contributed by atoms with E-state index in [1.54, 1.807) is 6.20 Å². The Hall–Kier alpha value is -1.13. The van der Waals surface area contributed by atoms with Gasteiger partial charge < -0.3 is 15.2 Å². The van der Waals surface area contributed by atoms with Crippen LogP contribution < -0.4 is 5.73 Å². The Morgan fingerprint density at radius 2 is 2.53 bits per heavy atom. The first-order valence-corrected chi connectivity index (χ1v) is 5.21. The Labute approximate surface area is 89.4 Å². The van der Waals surface area contributed by atoms with Gasteiger partial charge in [-0.15, -0.1) is 0 Å². The van der Waals surface area contributed by atoms with Gasteiger partial charge in [-0.3, -0.25) is 0 Å². The molecule has 1 aromatic heterocycles. The maximum atomic E-state index is 5.70. The van der Waals surface area contributed by atoms with E-state index in [9.17, 15) is 0 Å². The maximum Gasteiger partial charge on any atom is 0.128 e. The molecule has 15 heavy (non-hydrogen) atoms. The first kappa shape index (κ1) is 10.4. The molecule has 0 bridgehead atoms. The molecule has 4 heteroatoms. The molecule has 1 aliphatic rings. The summed E-state index contributed by atoms with van der Waals surface area (Å²) in [5, 5.41) is 0. The summed E-state index contributed by atoms with van der Waals surface area (Å²) in [6.45, 7) is 2.97. The highest BCUT2D eigenvalue weighted by Crippen LogP contribution is 2.14. The van der Waals surface area contributed by atoms with Gasteiger partial charge in [0.2, 0.25) is 0 Å². The van der Waals surface area contributed by atoms with Crippen molar-refractivity contribution in [3.63, 3.8) is 0 Å². The average molecular weight is 208 g/mol. The van der Waals surface area contributed by atoms with Gasteiger partial charge in [-0.25, -0.2) is 4.98 Å². The van der Waals surface area contributed by atoms with Crippen LogP contribution in [0.5, 0.6) is 0 Å². The number of nitrogen functional groups attached to an aromatic ring is 1. The molecule has 1 saturated heterocycles. The van der Waals surface area contributed by atoms with Crippen LogP contribution in [0.1, 0.15) is 12.0 Å². The fourth-order valence-corrected chi connectivity index (χ4v) is 1.62. The molecule has 0 aliphatic carbocycles. The molecule has 2 heterocycles. The van der Waals surface area contributed by atoms with Gasteiger partial charge in [-0.2, -0.15) is 0 Å². The minimum atomic E-state index is 0.538. The van der Waals surface area contributed by atoms with Crippen molar-refractivity contribution in [3.05, 3.63) is 23.9 Å². The molecule has 1 unspecified atom stereocenters. The van der Waals surface area contributed by atoms with Crippen LogP contribution >= 0.6 is 0 Å². The molecule has 0 radical (unpaired) electrons. The maximum absolute atomic E-state index is 5.70. The van der Waals surface area contributed by atoms with E-state index in [1.807, 2.05) is 12.1 Å². The molecule has 0 aromatic carbocycles. The smallest absolute Gasteiger partial charge is 0.128 e. The Morgan fingerprint density at radius 3 is 3.27 bits per heavy atom. The third-order valence-corrected chi connectivity index (χ3v) is 2.56. The van der Waals surface area contributed by atoms with Gasteiger partial charge in [0.1, 0.15) is 5.82 Å². The van der Waals surface area contributed by atoms with Crippen LogP contribution in [0.25, 0.3) is 0 Å². The number of ether oxygens (including phenoxy) is 2. The first-order chi connectivity index (χ1) is 7.36. The highest BCUT2D eigenvalue weighted by atomic mass is 16.5. The molecule has 2 N–H and O–H groups in total. The van der Waals surface area contributed by atoms with Crippen molar-refractivity contribution in [1.29, 1.82) is 0 Å². The van der Waals surface area contributed by atoms with E-state index >= 15 is 0 Å². The number of rotatable bonds is 4. The molecule has 0 amide bonds. The van der Waals surface area contributed by atoms with Crippen molar-refractivity contribution >= 4 is 5.82 Å². The van der Waals surface area contributed by atoms with Crippen molar-refractivity contribution in [3.8, 4) is 0 Å². The monoisotopic (exact) mass is 208 g/mol. The summed E-state index contributed by atoms with van der Waals surface area (Å²) < 4.78 is 10.9. The van der Waals surface area contributed by atoms with Crippen molar-refractivity contribution < 1.29 is 9.47 Å². The zero-order valence-corrected chi connectivity index (χ0v) is 8.69. The molecule has 1 aliphatic heterocycles. The number of nitrogens with two attached hydrogens (primary N) is 1. The molecule has 4 nitrogen and oxygen atoms in total. The minimum absolute atomic E-state index is 0.538. The van der Waals surface area contributed by atoms with Crippen LogP contribution in [-0.4, -0.2) is 24.8 Å². The molecule has 1 aromatic rings. The van der Waals surface area contributed by atoms with E-state index in [0.717, 1.165) is 31.8 Å². The molecular weight excluding hydrogens is 192 g/mol. The summed E-state index contributed by atoms with van der Waals surface area (Å²) in [5.41, 5.74) is 6.65. The largest absolute Gasteiger partial charge is 0.383 e. The molecule has 82 valence electrons. The van der Waals surface area contributed by atoms with Crippen molar-refractivity contribution in [1.82, 2.24) is 4.98 Å². The topological polar surface area (TPSA) is 57.4 Å². The molecule has 1 fully saturated rings. The molecule has 2 rings (SSSR count). The Balaban J connectivity index is 1.75. The van der Waals surface area contributed by atoms with E-state index in [0.29, 0.717) is 18.3 Å². The van der Waals surface area contributed by atoms with Crippen LogP contribution in [0.2, 0.25) is 0 Å². The lowest BCUT2D eigenvalue weighted by Crippen LogP contribution is -2.10. The molecule has 1 atom stereocenters. The summed E-state index contributed by atoms with van der Waals surface area (Å²) in [4.78, 5) is 4.00. The van der Waals surface area contributed by atoms with Gasteiger partial charge in [0, 0.05) is 24.3 Å². The van der Waals surface area contributed by atoms with Crippen LogP contribution in [-0.2, 0) is 16.1 Å². The predicted octanol–water partition coefficient (Wildman–Crippen LogP) is 1.22. The summed E-state index contributed by atoms with van der Waals surface area (Å²) in [7, 11) is 0. The van der Waals surface area contributed by atoms with Crippen LogP contribution in [0.4, 0.5) is 5.82 Å². The van der Waals surface area contributed by atoms with Crippen molar-refractivity contribution in [2.24, 2.45) is 5.92 Å². The normalized spacial score (nSPS) is 20.7. The fraction of sp³-hybridized carbons (Fsp3) is 0.545. The van der Waals surface area contributed by atoms with Gasteiger partial charge >= 0.3 is 0 Å². The van der Waals surface area contributed by atoms with Crippen molar-refractivity contribution in [2.45, 2.75) is 13.0 Å². The summed E-state index contributed by atoms with van der Waals surface area (Å²) >= 11 is 0. The summed E-state index contributed by atoms with van der Waals surface area (Å²) in [5.74, 6) is 1.10. The number of nitrogens with zero attached hydrogens (tertiary/aromatic N) is 1. The van der Waals surface area contributed by atoms with Crippen LogP contribution in [0, 0.1) is 5.92 Å². The van der Waals surface area contributed by atoms with Crippen LogP contribution in [0.3, 0.4) is 0 Å². The molecule has 0 spiro atoms. The summed E-state index contributed by atoms with van der Waals surface area (Å²) in [6, 6.07) is 3.81. The molecule has 0 saturated carbocycles. The van der Waals surface area contributed by atoms with E-state index in [-0.39, 0.29) is 0 Å². The lowest BCUT2D eigenvalue weighted by molar-refractivity contribution is 0.0793. The number of aromatic nitrogens is 1. The number of pyridine rings is 1. The Kier molecular flexibility index (Phi) is 3.53. The highest BCUT2D eigenvalue weighted by Gasteiger charge is 2.15. The quantitative estimate of drug-likeness (QED) is 0.808. The third-order valence-electron chi connectivity index (χ3n) is 2.56. The average Bonchev–Trinajstić information content (AvgIpc) is 2.74. The second-order valence-corrected chi connectivity index (χ2v) is 3.79. The number of hydrogen-bond donors (Lipinski definition) is 1. The van der Waals surface area contributed by atoms with Gasteiger partial charge in [0.15, 0.2) is 0 Å². The zero-order valence-electron chi connectivity index (χ0n) is 8.69. The van der Waals surface area contributed by atoms with Crippen LogP contribution in [0.15, 0.2) is 18.3 Å². The van der Waals surface area contributed by atoms with Gasteiger partial charge in [-0.1, -0.05) is 6.07 Å². The van der Waals surface area contributed by atoms with E-state index in [2.05, 4.69) is 4.98 Å². The SMILES string of the molecule is Nc1ncccc1COCC1CCOC1.